The van der Waals surface area contributed by atoms with Crippen LogP contribution in [0.25, 0.3) is 0 Å². The molecule has 32 heavy (non-hydrogen) atoms. The maximum absolute atomic E-state index is 5.91. The Bertz CT molecular complexity index is 998. The first-order chi connectivity index (χ1) is 15.6. The van der Waals surface area contributed by atoms with Crippen molar-refractivity contribution >= 4 is 11.7 Å². The summed E-state index contributed by atoms with van der Waals surface area (Å²) in [7, 11) is 5.74. The van der Waals surface area contributed by atoms with E-state index in [1.807, 2.05) is 26.2 Å². The zero-order valence-corrected chi connectivity index (χ0v) is 19.2. The van der Waals surface area contributed by atoms with Crippen molar-refractivity contribution in [3.63, 3.8) is 0 Å². The van der Waals surface area contributed by atoms with Gasteiger partial charge in [-0.05, 0) is 49.5 Å². The van der Waals surface area contributed by atoms with Gasteiger partial charge in [0.05, 0.1) is 26.0 Å². The smallest absolute Gasteiger partial charge is 0.298 e. The lowest BCUT2D eigenvalue weighted by Gasteiger charge is -2.29. The summed E-state index contributed by atoms with van der Waals surface area (Å²) >= 11 is 0. The van der Waals surface area contributed by atoms with Crippen LogP contribution in [0.1, 0.15) is 16.8 Å². The lowest BCUT2D eigenvalue weighted by Crippen LogP contribution is -2.36. The van der Waals surface area contributed by atoms with Gasteiger partial charge in [-0.3, -0.25) is 0 Å². The molecule has 0 saturated carbocycles. The molecule has 3 aromatic rings. The second-order valence-corrected chi connectivity index (χ2v) is 8.34. The monoisotopic (exact) mass is 436 g/mol. The summed E-state index contributed by atoms with van der Waals surface area (Å²) < 4.78 is 16.8. The Morgan fingerprint density at radius 3 is 2.41 bits per heavy atom. The van der Waals surface area contributed by atoms with Gasteiger partial charge in [0.15, 0.2) is 0 Å². The molecule has 1 aliphatic rings. The van der Waals surface area contributed by atoms with E-state index < -0.39 is 0 Å². The normalized spacial score (nSPS) is 14.1. The van der Waals surface area contributed by atoms with Crippen molar-refractivity contribution < 1.29 is 13.9 Å². The molecule has 1 saturated heterocycles. The van der Waals surface area contributed by atoms with E-state index in [0.717, 1.165) is 49.9 Å². The summed E-state index contributed by atoms with van der Waals surface area (Å²) in [4.78, 5) is 11.4. The molecule has 0 atom stereocenters. The fourth-order valence-corrected chi connectivity index (χ4v) is 3.91. The Labute approximate surface area is 190 Å². The van der Waals surface area contributed by atoms with Gasteiger partial charge in [0.1, 0.15) is 12.0 Å². The van der Waals surface area contributed by atoms with Crippen LogP contribution in [0.3, 0.4) is 0 Å². The van der Waals surface area contributed by atoms with Crippen LogP contribution in [0.2, 0.25) is 0 Å². The van der Waals surface area contributed by atoms with E-state index in [1.165, 1.54) is 11.3 Å². The average Bonchev–Trinajstić information content (AvgIpc) is 3.27. The molecule has 0 unspecified atom stereocenters. The second-order valence-electron chi connectivity index (χ2n) is 8.34. The van der Waals surface area contributed by atoms with Gasteiger partial charge in [-0.25, -0.2) is 0 Å². The van der Waals surface area contributed by atoms with Crippen molar-refractivity contribution in [2.45, 2.75) is 19.6 Å². The van der Waals surface area contributed by atoms with Crippen LogP contribution in [-0.2, 0) is 24.4 Å². The van der Waals surface area contributed by atoms with Gasteiger partial charge in [0.2, 0.25) is 0 Å². The van der Waals surface area contributed by atoms with Gasteiger partial charge in [0, 0.05) is 38.4 Å². The molecule has 1 aliphatic heterocycles. The molecule has 0 N–H and O–H groups in total. The number of oxazole rings is 1. The number of nitrogens with zero attached hydrogens (tertiary/aromatic N) is 4. The molecule has 7 nitrogen and oxygen atoms in total. The SMILES string of the molecule is COc1cccc(CN(Cc2cccc(N3CCOCC3)c2)c2nc(CN(C)C)co2)c1. The number of aromatic nitrogens is 1. The van der Waals surface area contributed by atoms with Gasteiger partial charge >= 0.3 is 0 Å². The number of morpholine rings is 1. The molecule has 0 bridgehead atoms. The maximum atomic E-state index is 5.91. The Morgan fingerprint density at radius 1 is 0.969 bits per heavy atom. The predicted octanol–water partition coefficient (Wildman–Crippen LogP) is 3.79. The molecule has 0 aliphatic carbocycles. The average molecular weight is 437 g/mol. The van der Waals surface area contributed by atoms with Crippen LogP contribution in [0, 0.1) is 0 Å². The molecule has 0 amide bonds. The van der Waals surface area contributed by atoms with Crippen molar-refractivity contribution in [2.24, 2.45) is 0 Å². The third-order valence-corrected chi connectivity index (χ3v) is 5.46. The molecule has 2 heterocycles. The summed E-state index contributed by atoms with van der Waals surface area (Å²) in [6.45, 7) is 5.49. The minimum absolute atomic E-state index is 0.626. The van der Waals surface area contributed by atoms with E-state index in [-0.39, 0.29) is 0 Å². The summed E-state index contributed by atoms with van der Waals surface area (Å²) in [6.07, 6.45) is 1.75. The lowest BCUT2D eigenvalue weighted by atomic mass is 10.1. The highest BCUT2D eigenvalue weighted by Gasteiger charge is 2.17. The summed E-state index contributed by atoms with van der Waals surface area (Å²) in [5, 5.41) is 0. The zero-order chi connectivity index (χ0) is 22.3. The van der Waals surface area contributed by atoms with Crippen molar-refractivity contribution in [3.8, 4) is 5.75 Å². The number of ether oxygens (including phenoxy) is 2. The van der Waals surface area contributed by atoms with E-state index >= 15 is 0 Å². The molecule has 2 aromatic carbocycles. The highest BCUT2D eigenvalue weighted by atomic mass is 16.5. The molecule has 0 radical (unpaired) electrons. The summed E-state index contributed by atoms with van der Waals surface area (Å²) in [5.74, 6) is 0.845. The molecule has 0 spiro atoms. The van der Waals surface area contributed by atoms with Crippen LogP contribution in [0.4, 0.5) is 11.7 Å². The first-order valence-corrected chi connectivity index (χ1v) is 11.0. The third kappa shape index (κ3) is 5.81. The van der Waals surface area contributed by atoms with Crippen LogP contribution in [0.15, 0.2) is 59.2 Å². The highest BCUT2D eigenvalue weighted by Crippen LogP contribution is 2.24. The second kappa shape index (κ2) is 10.5. The van der Waals surface area contributed by atoms with Crippen LogP contribution >= 0.6 is 0 Å². The lowest BCUT2D eigenvalue weighted by molar-refractivity contribution is 0.122. The quantitative estimate of drug-likeness (QED) is 0.506. The van der Waals surface area contributed by atoms with E-state index in [1.54, 1.807) is 13.4 Å². The van der Waals surface area contributed by atoms with Gasteiger partial charge in [-0.1, -0.05) is 24.3 Å². The van der Waals surface area contributed by atoms with Crippen molar-refractivity contribution in [3.05, 3.63) is 71.6 Å². The molecule has 1 aromatic heterocycles. The summed E-state index contributed by atoms with van der Waals surface area (Å²) in [5.41, 5.74) is 4.50. The van der Waals surface area contributed by atoms with Crippen LogP contribution in [-0.4, -0.2) is 57.4 Å². The number of benzene rings is 2. The molecular weight excluding hydrogens is 404 g/mol. The number of hydrogen-bond donors (Lipinski definition) is 0. The molecule has 7 heteroatoms. The van der Waals surface area contributed by atoms with Crippen molar-refractivity contribution in [2.75, 3.05) is 57.3 Å². The van der Waals surface area contributed by atoms with Gasteiger partial charge < -0.3 is 28.6 Å². The van der Waals surface area contributed by atoms with E-state index in [0.29, 0.717) is 19.1 Å². The Kier molecular flexibility index (Phi) is 7.29. The number of anilines is 2. The number of hydrogen-bond acceptors (Lipinski definition) is 7. The Morgan fingerprint density at radius 2 is 1.69 bits per heavy atom. The minimum Gasteiger partial charge on any atom is -0.497 e. The minimum atomic E-state index is 0.626. The largest absolute Gasteiger partial charge is 0.497 e. The van der Waals surface area contributed by atoms with Gasteiger partial charge in [-0.2, -0.15) is 4.98 Å². The molecule has 4 rings (SSSR count). The number of methoxy groups -OCH3 is 1. The summed E-state index contributed by atoms with van der Waals surface area (Å²) in [6, 6.07) is 17.5. The third-order valence-electron chi connectivity index (χ3n) is 5.46. The number of rotatable bonds is 9. The topological polar surface area (TPSA) is 54.2 Å². The fraction of sp³-hybridized carbons (Fsp3) is 0.400. The van der Waals surface area contributed by atoms with E-state index in [2.05, 4.69) is 51.1 Å². The first-order valence-electron chi connectivity index (χ1n) is 11.0. The van der Waals surface area contributed by atoms with E-state index in [9.17, 15) is 0 Å². The van der Waals surface area contributed by atoms with Crippen LogP contribution in [0.5, 0.6) is 5.75 Å². The predicted molar refractivity (Wildman–Crippen MR) is 126 cm³/mol. The highest BCUT2D eigenvalue weighted by molar-refractivity contribution is 5.50. The Balaban J connectivity index is 1.58. The van der Waals surface area contributed by atoms with Crippen molar-refractivity contribution in [1.29, 1.82) is 0 Å². The van der Waals surface area contributed by atoms with Crippen molar-refractivity contribution in [1.82, 2.24) is 9.88 Å². The first kappa shape index (κ1) is 22.2. The zero-order valence-electron chi connectivity index (χ0n) is 19.2. The Hall–Kier alpha value is -3.03. The van der Waals surface area contributed by atoms with E-state index in [4.69, 9.17) is 18.9 Å². The fourth-order valence-electron chi connectivity index (χ4n) is 3.91. The van der Waals surface area contributed by atoms with Gasteiger partial charge in [0.25, 0.3) is 6.01 Å². The molecular formula is C25H32N4O3. The maximum Gasteiger partial charge on any atom is 0.298 e. The standard InChI is InChI=1S/C25H32N4O3/c1-27(2)18-22-19-32-25(26-22)29(17-21-7-5-9-24(15-21)30-3)16-20-6-4-8-23(14-20)28-10-12-31-13-11-28/h4-9,14-15,19H,10-13,16-18H2,1-3H3. The molecule has 1 fully saturated rings. The van der Waals surface area contributed by atoms with Gasteiger partial charge in [-0.15, -0.1) is 0 Å². The van der Waals surface area contributed by atoms with Crippen LogP contribution < -0.4 is 14.5 Å². The molecule has 170 valence electrons.